The monoisotopic (exact) mass is 412 g/mol. The summed E-state index contributed by atoms with van der Waals surface area (Å²) in [6, 6.07) is 10.3. The Morgan fingerprint density at radius 2 is 1.93 bits per heavy atom. The maximum Gasteiger partial charge on any atom is 0.249 e. The lowest BCUT2D eigenvalue weighted by Gasteiger charge is -2.19. The van der Waals surface area contributed by atoms with Crippen molar-refractivity contribution in [3.63, 3.8) is 0 Å². The lowest BCUT2D eigenvalue weighted by molar-refractivity contribution is 0.385. The fourth-order valence-electron chi connectivity index (χ4n) is 2.96. The van der Waals surface area contributed by atoms with Crippen molar-refractivity contribution in [1.29, 1.82) is 0 Å². The molecule has 1 aromatic carbocycles. The van der Waals surface area contributed by atoms with Crippen LogP contribution in [0.15, 0.2) is 52.8 Å². The molecule has 3 aromatic rings. The van der Waals surface area contributed by atoms with E-state index in [1.807, 2.05) is 29.6 Å². The molecule has 0 saturated heterocycles. The first-order chi connectivity index (χ1) is 14.1. The van der Waals surface area contributed by atoms with E-state index in [-0.39, 0.29) is 0 Å². The molecule has 1 aliphatic heterocycles. The third-order valence-electron chi connectivity index (χ3n) is 4.10. The van der Waals surface area contributed by atoms with Gasteiger partial charge in [0.25, 0.3) is 0 Å². The Morgan fingerprint density at radius 3 is 2.55 bits per heavy atom. The summed E-state index contributed by atoms with van der Waals surface area (Å²) in [6.07, 6.45) is 3.95. The van der Waals surface area contributed by atoms with E-state index in [2.05, 4.69) is 49.9 Å². The number of fused-ring (bicyclic) bond motifs is 3. The second-order valence-corrected chi connectivity index (χ2v) is 7.74. The Bertz CT molecular complexity index is 922. The van der Waals surface area contributed by atoms with E-state index in [9.17, 15) is 0 Å². The minimum Gasteiger partial charge on any atom is -0.479 e. The van der Waals surface area contributed by atoms with Gasteiger partial charge in [-0.1, -0.05) is 56.3 Å². The smallest absolute Gasteiger partial charge is 0.249 e. The summed E-state index contributed by atoms with van der Waals surface area (Å²) in [5.41, 5.74) is 4.45. The molecule has 0 fully saturated rings. The molecule has 0 spiro atoms. The highest BCUT2D eigenvalue weighted by molar-refractivity contribution is 7.99. The van der Waals surface area contributed by atoms with E-state index in [1.54, 1.807) is 24.9 Å². The van der Waals surface area contributed by atoms with Gasteiger partial charge in [-0.05, 0) is 26.0 Å². The maximum atomic E-state index is 5.53. The van der Waals surface area contributed by atoms with Crippen molar-refractivity contribution in [2.45, 2.75) is 56.9 Å². The predicted octanol–water partition coefficient (Wildman–Crippen LogP) is 5.45. The first-order valence-electron chi connectivity index (χ1n) is 10.1. The van der Waals surface area contributed by atoms with Crippen LogP contribution in [0, 0.1) is 6.92 Å². The first kappa shape index (κ1) is 23.0. The first-order valence-corrected chi connectivity index (χ1v) is 10.9. The molecule has 29 heavy (non-hydrogen) atoms. The Kier molecular flexibility index (Phi) is 9.22. The fraction of sp³-hybridized carbons (Fsp3) is 0.391. The summed E-state index contributed by atoms with van der Waals surface area (Å²) in [7, 11) is 1.66. The molecule has 0 aliphatic carbocycles. The molecular formula is C23H32N4OS. The van der Waals surface area contributed by atoms with E-state index in [4.69, 9.17) is 9.72 Å². The van der Waals surface area contributed by atoms with E-state index < -0.39 is 0 Å². The van der Waals surface area contributed by atoms with Gasteiger partial charge in [-0.2, -0.15) is 0 Å². The molecule has 0 unspecified atom stereocenters. The van der Waals surface area contributed by atoms with Crippen molar-refractivity contribution in [3.05, 3.63) is 59.9 Å². The number of methoxy groups -OCH3 is 1. The molecule has 0 radical (unpaired) electrons. The third kappa shape index (κ3) is 5.61. The number of nitrogens with one attached hydrogen (secondary N) is 1. The van der Waals surface area contributed by atoms with Crippen molar-refractivity contribution in [1.82, 2.24) is 19.9 Å². The predicted molar refractivity (Wildman–Crippen MR) is 122 cm³/mol. The van der Waals surface area contributed by atoms with E-state index in [1.165, 1.54) is 17.7 Å². The summed E-state index contributed by atoms with van der Waals surface area (Å²) in [4.78, 5) is 6.94. The molecule has 1 aliphatic rings. The van der Waals surface area contributed by atoms with Gasteiger partial charge in [0.1, 0.15) is 4.90 Å². The second kappa shape index (κ2) is 11.6. The summed E-state index contributed by atoms with van der Waals surface area (Å²) in [6.45, 7) is 13.4. The molecular weight excluding hydrogens is 380 g/mol. The fourth-order valence-corrected chi connectivity index (χ4v) is 3.92. The van der Waals surface area contributed by atoms with Gasteiger partial charge in [-0.15, -0.1) is 11.7 Å². The molecule has 2 aromatic heterocycles. The Hall–Kier alpha value is -2.31. The number of aromatic nitrogens is 3. The Balaban J connectivity index is 0.000000449. The lowest BCUT2D eigenvalue weighted by atomic mass is 10.1. The molecule has 156 valence electrons. The standard InChI is InChI=1S/C17H18N4OS.C3H8.C3H6/c1-11-13-10-18-9-8-14(13)21-16(19-11)15(17(20-21)22-2)23-12-6-4-3-5-7-12;2*1-3-2/h3-7,18H,8-10H2,1-2H3;3H2,1-2H3;3H,1H2,2H3. The van der Waals surface area contributed by atoms with Gasteiger partial charge in [-0.3, -0.25) is 0 Å². The van der Waals surface area contributed by atoms with Crippen LogP contribution < -0.4 is 10.1 Å². The third-order valence-corrected chi connectivity index (χ3v) is 5.17. The van der Waals surface area contributed by atoms with Crippen molar-refractivity contribution in [2.75, 3.05) is 13.7 Å². The zero-order valence-corrected chi connectivity index (χ0v) is 19.0. The number of hydrogen-bond donors (Lipinski definition) is 1. The van der Waals surface area contributed by atoms with Crippen LogP contribution in [0.5, 0.6) is 5.88 Å². The maximum absolute atomic E-state index is 5.53. The van der Waals surface area contributed by atoms with Crippen LogP contribution in [-0.4, -0.2) is 28.3 Å². The molecule has 6 heteroatoms. The van der Waals surface area contributed by atoms with Crippen molar-refractivity contribution in [2.24, 2.45) is 0 Å². The lowest BCUT2D eigenvalue weighted by Crippen LogP contribution is -2.27. The zero-order chi connectivity index (χ0) is 21.2. The number of rotatable bonds is 3. The van der Waals surface area contributed by atoms with Crippen molar-refractivity contribution < 1.29 is 4.74 Å². The van der Waals surface area contributed by atoms with Crippen LogP contribution in [0.4, 0.5) is 0 Å². The average molecular weight is 413 g/mol. The minimum atomic E-state index is 0.637. The largest absolute Gasteiger partial charge is 0.479 e. The van der Waals surface area contributed by atoms with Crippen LogP contribution >= 0.6 is 11.8 Å². The zero-order valence-electron chi connectivity index (χ0n) is 18.2. The Labute approximate surface area is 178 Å². The second-order valence-electron chi connectivity index (χ2n) is 6.65. The summed E-state index contributed by atoms with van der Waals surface area (Å²) in [5, 5.41) is 8.07. The van der Waals surface area contributed by atoms with Gasteiger partial charge >= 0.3 is 0 Å². The van der Waals surface area contributed by atoms with Crippen LogP contribution in [-0.2, 0) is 13.0 Å². The highest BCUT2D eigenvalue weighted by Gasteiger charge is 2.23. The molecule has 1 N–H and O–H groups in total. The van der Waals surface area contributed by atoms with Gasteiger partial charge in [0.05, 0.1) is 12.8 Å². The highest BCUT2D eigenvalue weighted by Crippen LogP contribution is 2.38. The Morgan fingerprint density at radius 1 is 1.28 bits per heavy atom. The number of nitrogens with zero attached hydrogens (tertiary/aromatic N) is 3. The van der Waals surface area contributed by atoms with Gasteiger partial charge in [0.2, 0.25) is 5.88 Å². The molecule has 0 bridgehead atoms. The normalized spacial score (nSPS) is 12.2. The van der Waals surface area contributed by atoms with Crippen LogP contribution in [0.2, 0.25) is 0 Å². The molecule has 0 saturated carbocycles. The van der Waals surface area contributed by atoms with Gasteiger partial charge < -0.3 is 10.1 Å². The molecule has 4 rings (SSSR count). The SMILES string of the molecule is C=CC.CCC.COc1nn2c3c(c(C)nc2c1Sc1ccccc1)CNCC3. The number of aryl methyl sites for hydroxylation is 1. The quantitative estimate of drug-likeness (QED) is 0.580. The van der Waals surface area contributed by atoms with E-state index >= 15 is 0 Å². The average Bonchev–Trinajstić information content (AvgIpc) is 3.08. The summed E-state index contributed by atoms with van der Waals surface area (Å²) < 4.78 is 7.49. The van der Waals surface area contributed by atoms with Gasteiger partial charge in [0, 0.05) is 35.7 Å². The van der Waals surface area contributed by atoms with Gasteiger partial charge in [0.15, 0.2) is 5.65 Å². The molecule has 0 atom stereocenters. The molecule has 3 heterocycles. The molecule has 5 nitrogen and oxygen atoms in total. The minimum absolute atomic E-state index is 0.637. The van der Waals surface area contributed by atoms with Gasteiger partial charge in [-0.25, -0.2) is 9.50 Å². The molecule has 0 amide bonds. The highest BCUT2D eigenvalue weighted by atomic mass is 32.2. The number of benzene rings is 1. The van der Waals surface area contributed by atoms with Crippen molar-refractivity contribution in [3.8, 4) is 5.88 Å². The number of ether oxygens (including phenoxy) is 1. The van der Waals surface area contributed by atoms with Crippen LogP contribution in [0.25, 0.3) is 5.65 Å². The number of hydrogen-bond acceptors (Lipinski definition) is 5. The van der Waals surface area contributed by atoms with Crippen molar-refractivity contribution >= 4 is 17.4 Å². The number of allylic oxidation sites excluding steroid dienone is 1. The summed E-state index contributed by atoms with van der Waals surface area (Å²) >= 11 is 1.65. The summed E-state index contributed by atoms with van der Waals surface area (Å²) in [5.74, 6) is 0.637. The topological polar surface area (TPSA) is 51.5 Å². The van der Waals surface area contributed by atoms with Crippen LogP contribution in [0.3, 0.4) is 0 Å². The van der Waals surface area contributed by atoms with E-state index in [0.29, 0.717) is 5.88 Å². The van der Waals surface area contributed by atoms with Crippen LogP contribution in [0.1, 0.15) is 44.1 Å². The van der Waals surface area contributed by atoms with E-state index in [0.717, 1.165) is 40.6 Å².